The first-order chi connectivity index (χ1) is 9.97. The maximum Gasteiger partial charge on any atom is 0.245 e. The molecule has 6 nitrogen and oxygen atoms in total. The number of nitrogens with one attached hydrogen (secondary N) is 1. The van der Waals surface area contributed by atoms with E-state index < -0.39 is 0 Å². The monoisotopic (exact) mass is 292 g/mol. The highest BCUT2D eigenvalue weighted by molar-refractivity contribution is 5.83. The van der Waals surface area contributed by atoms with Gasteiger partial charge in [0.2, 0.25) is 11.9 Å². The summed E-state index contributed by atoms with van der Waals surface area (Å²) in [7, 11) is 0. The van der Waals surface area contributed by atoms with Crippen molar-refractivity contribution in [3.8, 4) is 0 Å². The predicted molar refractivity (Wildman–Crippen MR) is 81.3 cm³/mol. The Labute approximate surface area is 125 Å². The minimum atomic E-state index is -0.343. The molecule has 1 aromatic heterocycles. The van der Waals surface area contributed by atoms with Gasteiger partial charge in [0.1, 0.15) is 6.04 Å². The molecule has 0 bridgehead atoms. The fraction of sp³-hybridized carbons (Fsp3) is 0.667. The Morgan fingerprint density at radius 3 is 2.57 bits per heavy atom. The molecule has 1 aromatic rings. The minimum absolute atomic E-state index is 0.0644. The van der Waals surface area contributed by atoms with Gasteiger partial charge in [-0.15, -0.1) is 0 Å². The van der Waals surface area contributed by atoms with Crippen LogP contribution in [0.3, 0.4) is 0 Å². The molecule has 1 amide bonds. The van der Waals surface area contributed by atoms with Gasteiger partial charge in [0.15, 0.2) is 0 Å². The average Bonchev–Trinajstić information content (AvgIpc) is 2.46. The summed E-state index contributed by atoms with van der Waals surface area (Å²) in [5.41, 5.74) is 1.89. The normalized spacial score (nSPS) is 16.9. The van der Waals surface area contributed by atoms with Crippen LogP contribution in [0.5, 0.6) is 0 Å². The van der Waals surface area contributed by atoms with Gasteiger partial charge in [0, 0.05) is 24.5 Å². The lowest BCUT2D eigenvalue weighted by Crippen LogP contribution is -2.47. The molecule has 1 atom stereocenters. The maximum absolute atomic E-state index is 12.4. The highest BCUT2D eigenvalue weighted by Crippen LogP contribution is 2.15. The second-order valence-corrected chi connectivity index (χ2v) is 5.72. The molecule has 0 aromatic carbocycles. The number of ether oxygens (including phenoxy) is 1. The summed E-state index contributed by atoms with van der Waals surface area (Å²) in [6.07, 6.45) is 0. The molecule has 1 unspecified atom stereocenters. The molecule has 2 heterocycles. The lowest BCUT2D eigenvalue weighted by atomic mass is 10.1. The lowest BCUT2D eigenvalue weighted by Gasteiger charge is -2.29. The van der Waals surface area contributed by atoms with Crippen LogP contribution < -0.4 is 5.32 Å². The Bertz CT molecular complexity index is 498. The number of anilines is 1. The third-order valence-corrected chi connectivity index (χ3v) is 3.50. The number of morpholine rings is 1. The predicted octanol–water partition coefficient (Wildman–Crippen LogP) is 1.57. The van der Waals surface area contributed by atoms with Crippen molar-refractivity contribution in [1.82, 2.24) is 14.9 Å². The van der Waals surface area contributed by atoms with E-state index in [1.54, 1.807) is 0 Å². The van der Waals surface area contributed by atoms with Crippen molar-refractivity contribution in [2.45, 2.75) is 39.7 Å². The Hall–Kier alpha value is -1.69. The van der Waals surface area contributed by atoms with Gasteiger partial charge in [0.05, 0.1) is 13.2 Å². The standard InChI is InChI=1S/C15H24N4O2/c1-10(2)13-9-11(3)16-15(18-13)17-12(4)14(20)19-5-7-21-8-6-19/h9-10,12H,5-8H2,1-4H3,(H,16,17,18). The van der Waals surface area contributed by atoms with E-state index in [1.807, 2.05) is 24.8 Å². The molecule has 0 aliphatic carbocycles. The molecule has 1 fully saturated rings. The van der Waals surface area contributed by atoms with Crippen molar-refractivity contribution in [3.63, 3.8) is 0 Å². The summed E-state index contributed by atoms with van der Waals surface area (Å²) in [5, 5.41) is 3.12. The van der Waals surface area contributed by atoms with Crippen molar-refractivity contribution in [1.29, 1.82) is 0 Å². The molecule has 6 heteroatoms. The molecular formula is C15H24N4O2. The molecule has 0 radical (unpaired) electrons. The highest BCUT2D eigenvalue weighted by atomic mass is 16.5. The Kier molecular flexibility index (Phi) is 5.12. The molecule has 116 valence electrons. The fourth-order valence-electron chi connectivity index (χ4n) is 2.27. The van der Waals surface area contributed by atoms with Gasteiger partial charge in [-0.05, 0) is 25.8 Å². The van der Waals surface area contributed by atoms with Crippen molar-refractivity contribution in [3.05, 3.63) is 17.5 Å². The van der Waals surface area contributed by atoms with Crippen LogP contribution in [0.1, 0.15) is 38.1 Å². The van der Waals surface area contributed by atoms with Crippen LogP contribution in [0.4, 0.5) is 5.95 Å². The SMILES string of the molecule is Cc1cc(C(C)C)nc(NC(C)C(=O)N2CCOCC2)n1. The van der Waals surface area contributed by atoms with E-state index in [-0.39, 0.29) is 11.9 Å². The van der Waals surface area contributed by atoms with Gasteiger partial charge in [-0.2, -0.15) is 0 Å². The number of rotatable bonds is 4. The van der Waals surface area contributed by atoms with Gasteiger partial charge >= 0.3 is 0 Å². The zero-order valence-electron chi connectivity index (χ0n) is 13.2. The van der Waals surface area contributed by atoms with E-state index >= 15 is 0 Å². The molecule has 1 aliphatic heterocycles. The van der Waals surface area contributed by atoms with Crippen molar-refractivity contribution >= 4 is 11.9 Å². The first-order valence-corrected chi connectivity index (χ1v) is 7.46. The smallest absolute Gasteiger partial charge is 0.245 e. The lowest BCUT2D eigenvalue weighted by molar-refractivity contribution is -0.135. The number of amides is 1. The van der Waals surface area contributed by atoms with Crippen LogP contribution in [0.15, 0.2) is 6.07 Å². The number of carbonyl (C=O) groups excluding carboxylic acids is 1. The van der Waals surface area contributed by atoms with E-state index in [1.165, 1.54) is 0 Å². The summed E-state index contributed by atoms with van der Waals surface area (Å²) in [6.45, 7) is 10.5. The Morgan fingerprint density at radius 1 is 1.29 bits per heavy atom. The number of aromatic nitrogens is 2. The van der Waals surface area contributed by atoms with E-state index in [4.69, 9.17) is 4.74 Å². The molecule has 0 spiro atoms. The fourth-order valence-corrected chi connectivity index (χ4v) is 2.27. The van der Waals surface area contributed by atoms with E-state index in [9.17, 15) is 4.79 Å². The first kappa shape index (κ1) is 15.7. The molecule has 1 aliphatic rings. The molecular weight excluding hydrogens is 268 g/mol. The number of hydrogen-bond acceptors (Lipinski definition) is 5. The molecule has 21 heavy (non-hydrogen) atoms. The van der Waals surface area contributed by atoms with Crippen LogP contribution in [0.25, 0.3) is 0 Å². The minimum Gasteiger partial charge on any atom is -0.378 e. The maximum atomic E-state index is 12.4. The van der Waals surface area contributed by atoms with E-state index in [2.05, 4.69) is 29.1 Å². The van der Waals surface area contributed by atoms with Gasteiger partial charge in [-0.1, -0.05) is 13.8 Å². The summed E-state index contributed by atoms with van der Waals surface area (Å²) in [5.74, 6) is 0.916. The summed E-state index contributed by atoms with van der Waals surface area (Å²) < 4.78 is 5.27. The van der Waals surface area contributed by atoms with E-state index in [0.29, 0.717) is 38.2 Å². The third-order valence-electron chi connectivity index (χ3n) is 3.50. The van der Waals surface area contributed by atoms with Gasteiger partial charge in [-0.3, -0.25) is 4.79 Å². The number of carbonyl (C=O) groups is 1. The van der Waals surface area contributed by atoms with Crippen LogP contribution in [-0.4, -0.2) is 53.1 Å². The summed E-state index contributed by atoms with van der Waals surface area (Å²) in [4.78, 5) is 23.0. The molecule has 2 rings (SSSR count). The largest absolute Gasteiger partial charge is 0.378 e. The first-order valence-electron chi connectivity index (χ1n) is 7.46. The van der Waals surface area contributed by atoms with Crippen LogP contribution in [0, 0.1) is 6.92 Å². The molecule has 0 saturated carbocycles. The van der Waals surface area contributed by atoms with Crippen molar-refractivity contribution < 1.29 is 9.53 Å². The van der Waals surface area contributed by atoms with Gasteiger partial charge in [-0.25, -0.2) is 9.97 Å². The molecule has 1 N–H and O–H groups in total. The summed E-state index contributed by atoms with van der Waals surface area (Å²) >= 11 is 0. The Morgan fingerprint density at radius 2 is 1.95 bits per heavy atom. The topological polar surface area (TPSA) is 67.4 Å². The quantitative estimate of drug-likeness (QED) is 0.912. The van der Waals surface area contributed by atoms with Crippen LogP contribution >= 0.6 is 0 Å². The highest BCUT2D eigenvalue weighted by Gasteiger charge is 2.23. The van der Waals surface area contributed by atoms with Crippen LogP contribution in [-0.2, 0) is 9.53 Å². The van der Waals surface area contributed by atoms with Crippen molar-refractivity contribution in [2.75, 3.05) is 31.6 Å². The Balaban J connectivity index is 2.04. The number of nitrogens with zero attached hydrogens (tertiary/aromatic N) is 3. The van der Waals surface area contributed by atoms with Gasteiger partial charge in [0.25, 0.3) is 0 Å². The number of aryl methyl sites for hydroxylation is 1. The second kappa shape index (κ2) is 6.85. The third kappa shape index (κ3) is 4.14. The zero-order valence-corrected chi connectivity index (χ0v) is 13.2. The summed E-state index contributed by atoms with van der Waals surface area (Å²) in [6, 6.07) is 1.63. The van der Waals surface area contributed by atoms with Gasteiger partial charge < -0.3 is 15.0 Å². The average molecular weight is 292 g/mol. The van der Waals surface area contributed by atoms with Crippen LogP contribution in [0.2, 0.25) is 0 Å². The van der Waals surface area contributed by atoms with E-state index in [0.717, 1.165) is 11.4 Å². The number of hydrogen-bond donors (Lipinski definition) is 1. The molecule has 1 saturated heterocycles. The zero-order chi connectivity index (χ0) is 15.4. The second-order valence-electron chi connectivity index (χ2n) is 5.72. The van der Waals surface area contributed by atoms with Crippen molar-refractivity contribution in [2.24, 2.45) is 0 Å².